The predicted octanol–water partition coefficient (Wildman–Crippen LogP) is 3.00. The molecule has 1 aliphatic heterocycles. The van der Waals surface area contributed by atoms with Gasteiger partial charge >= 0.3 is 7.12 Å². The summed E-state index contributed by atoms with van der Waals surface area (Å²) in [6, 6.07) is 7.72. The molecule has 1 aromatic heterocycles. The Morgan fingerprint density at radius 2 is 1.71 bits per heavy atom. The number of hydrogen-bond acceptors (Lipinski definition) is 6. The van der Waals surface area contributed by atoms with Gasteiger partial charge in [-0.05, 0) is 57.9 Å². The molecule has 3 rings (SSSR count). The van der Waals surface area contributed by atoms with Gasteiger partial charge in [-0.3, -0.25) is 4.98 Å². The molecule has 1 aliphatic rings. The molecule has 0 bridgehead atoms. The third-order valence-electron chi connectivity index (χ3n) is 5.66. The van der Waals surface area contributed by atoms with Crippen molar-refractivity contribution in [2.24, 2.45) is 0 Å². The fourth-order valence-corrected chi connectivity index (χ4v) is 3.19. The van der Waals surface area contributed by atoms with Gasteiger partial charge in [-0.15, -0.1) is 0 Å². The van der Waals surface area contributed by atoms with Gasteiger partial charge in [0.25, 0.3) is 0 Å². The summed E-state index contributed by atoms with van der Waals surface area (Å²) in [5, 5.41) is 9.83. The summed E-state index contributed by atoms with van der Waals surface area (Å²) in [6.45, 7) is 10.1. The van der Waals surface area contributed by atoms with Crippen LogP contribution in [0.4, 0.5) is 0 Å². The van der Waals surface area contributed by atoms with Crippen molar-refractivity contribution < 1.29 is 23.9 Å². The molecule has 1 saturated heterocycles. The van der Waals surface area contributed by atoms with Crippen molar-refractivity contribution in [3.05, 3.63) is 41.7 Å². The second-order valence-electron chi connectivity index (χ2n) is 8.06. The maximum Gasteiger partial charge on any atom is 0.498 e. The molecule has 28 heavy (non-hydrogen) atoms. The van der Waals surface area contributed by atoms with E-state index < -0.39 is 24.6 Å². The summed E-state index contributed by atoms with van der Waals surface area (Å²) in [7, 11) is 2.55. The number of aryl methyl sites for hydroxylation is 1. The summed E-state index contributed by atoms with van der Waals surface area (Å²) in [4.78, 5) is 4.33. The van der Waals surface area contributed by atoms with Gasteiger partial charge in [-0.2, -0.15) is 0 Å². The van der Waals surface area contributed by atoms with Gasteiger partial charge in [0, 0.05) is 24.3 Å². The van der Waals surface area contributed by atoms with Crippen LogP contribution in [0.15, 0.2) is 30.5 Å². The first-order valence-corrected chi connectivity index (χ1v) is 9.31. The molecule has 2 aromatic rings. The summed E-state index contributed by atoms with van der Waals surface area (Å²) < 4.78 is 22.9. The standard InChI is InChI=1S/C21H28BNO5/c1-13-10-17(19(24)26-7)23-12-15(13)14-8-9-18(25-6)16(11-14)22-27-20(2,3)21(4,5)28-22/h8-12,19,24H,1-7H3. The first-order valence-electron chi connectivity index (χ1n) is 9.31. The second-order valence-corrected chi connectivity index (χ2v) is 8.06. The lowest BCUT2D eigenvalue weighted by atomic mass is 9.77. The van der Waals surface area contributed by atoms with E-state index in [-0.39, 0.29) is 0 Å². The van der Waals surface area contributed by atoms with Crippen LogP contribution in [0.3, 0.4) is 0 Å². The van der Waals surface area contributed by atoms with Gasteiger partial charge in [0.1, 0.15) is 5.75 Å². The lowest BCUT2D eigenvalue weighted by Crippen LogP contribution is -2.41. The van der Waals surface area contributed by atoms with Gasteiger partial charge in [-0.1, -0.05) is 12.1 Å². The zero-order valence-corrected chi connectivity index (χ0v) is 17.6. The molecule has 1 aromatic carbocycles. The average Bonchev–Trinajstić information content (AvgIpc) is 2.87. The Kier molecular flexibility index (Phi) is 5.56. The van der Waals surface area contributed by atoms with Crippen molar-refractivity contribution in [2.45, 2.75) is 52.1 Å². The van der Waals surface area contributed by atoms with Crippen molar-refractivity contribution in [1.82, 2.24) is 4.98 Å². The minimum Gasteiger partial charge on any atom is -0.497 e. The molecule has 2 heterocycles. The number of benzene rings is 1. The smallest absolute Gasteiger partial charge is 0.497 e. The number of methoxy groups -OCH3 is 2. The molecule has 0 spiro atoms. The van der Waals surface area contributed by atoms with Crippen molar-refractivity contribution >= 4 is 12.6 Å². The molecule has 150 valence electrons. The lowest BCUT2D eigenvalue weighted by Gasteiger charge is -2.32. The highest BCUT2D eigenvalue weighted by molar-refractivity contribution is 6.63. The third kappa shape index (κ3) is 3.67. The average molecular weight is 385 g/mol. The zero-order valence-electron chi connectivity index (χ0n) is 17.6. The molecule has 1 N–H and O–H groups in total. The van der Waals surface area contributed by atoms with Gasteiger partial charge in [0.2, 0.25) is 0 Å². The minimum absolute atomic E-state index is 0.436. The molecular formula is C21H28BNO5. The van der Waals surface area contributed by atoms with E-state index in [9.17, 15) is 5.11 Å². The van der Waals surface area contributed by atoms with E-state index in [2.05, 4.69) is 4.98 Å². The number of nitrogens with zero attached hydrogens (tertiary/aromatic N) is 1. The minimum atomic E-state index is -1.04. The lowest BCUT2D eigenvalue weighted by molar-refractivity contribution is -0.0799. The van der Waals surface area contributed by atoms with Crippen LogP contribution >= 0.6 is 0 Å². The van der Waals surface area contributed by atoms with Crippen LogP contribution in [0, 0.1) is 6.92 Å². The largest absolute Gasteiger partial charge is 0.498 e. The molecule has 1 atom stereocenters. The Bertz CT molecular complexity index is 852. The maximum absolute atomic E-state index is 9.83. The second kappa shape index (κ2) is 7.48. The Morgan fingerprint density at radius 1 is 1.07 bits per heavy atom. The van der Waals surface area contributed by atoms with E-state index in [4.69, 9.17) is 18.8 Å². The number of hydrogen-bond donors (Lipinski definition) is 1. The van der Waals surface area contributed by atoms with Crippen molar-refractivity contribution in [3.63, 3.8) is 0 Å². The number of aliphatic hydroxyl groups is 1. The Balaban J connectivity index is 2.01. The summed E-state index contributed by atoms with van der Waals surface area (Å²) in [5.74, 6) is 0.708. The highest BCUT2D eigenvalue weighted by Gasteiger charge is 2.52. The van der Waals surface area contributed by atoms with Crippen LogP contribution in [0.5, 0.6) is 5.75 Å². The van der Waals surface area contributed by atoms with Crippen LogP contribution in [-0.4, -0.2) is 42.6 Å². The molecular weight excluding hydrogens is 357 g/mol. The molecule has 1 unspecified atom stereocenters. The number of ether oxygens (including phenoxy) is 2. The van der Waals surface area contributed by atoms with Crippen molar-refractivity contribution in [1.29, 1.82) is 0 Å². The molecule has 6 nitrogen and oxygen atoms in total. The van der Waals surface area contributed by atoms with Crippen LogP contribution in [-0.2, 0) is 14.0 Å². The van der Waals surface area contributed by atoms with E-state index in [0.717, 1.165) is 22.2 Å². The van der Waals surface area contributed by atoms with E-state index in [1.165, 1.54) is 7.11 Å². The van der Waals surface area contributed by atoms with Gasteiger partial charge in [0.15, 0.2) is 6.29 Å². The highest BCUT2D eigenvalue weighted by Crippen LogP contribution is 2.37. The summed E-state index contributed by atoms with van der Waals surface area (Å²) >= 11 is 0. The molecule has 0 radical (unpaired) electrons. The van der Waals surface area contributed by atoms with Gasteiger partial charge in [0.05, 0.1) is 24.0 Å². The topological polar surface area (TPSA) is 70.0 Å². The van der Waals surface area contributed by atoms with E-state index in [1.54, 1.807) is 13.3 Å². The quantitative estimate of drug-likeness (QED) is 0.630. The number of aliphatic hydroxyl groups excluding tert-OH is 1. The Labute approximate surface area is 166 Å². The van der Waals surface area contributed by atoms with E-state index >= 15 is 0 Å². The fraction of sp³-hybridized carbons (Fsp3) is 0.476. The summed E-state index contributed by atoms with van der Waals surface area (Å²) in [6.07, 6.45) is 0.701. The number of pyridine rings is 1. The monoisotopic (exact) mass is 385 g/mol. The van der Waals surface area contributed by atoms with Crippen molar-refractivity contribution in [2.75, 3.05) is 14.2 Å². The van der Waals surface area contributed by atoms with E-state index in [1.807, 2.05) is 58.9 Å². The first kappa shape index (κ1) is 20.8. The Hall–Kier alpha value is -1.93. The van der Waals surface area contributed by atoms with Gasteiger partial charge < -0.3 is 23.9 Å². The molecule has 7 heteroatoms. The zero-order chi connectivity index (χ0) is 20.7. The van der Waals surface area contributed by atoms with Crippen LogP contribution < -0.4 is 10.2 Å². The van der Waals surface area contributed by atoms with Gasteiger partial charge in [-0.25, -0.2) is 0 Å². The normalized spacial score (nSPS) is 18.9. The molecule has 0 aliphatic carbocycles. The highest BCUT2D eigenvalue weighted by atomic mass is 16.7. The first-order chi connectivity index (χ1) is 13.1. The summed E-state index contributed by atoms with van der Waals surface area (Å²) in [5.41, 5.74) is 3.33. The number of aromatic nitrogens is 1. The molecule has 1 fully saturated rings. The maximum atomic E-state index is 9.83. The van der Waals surface area contributed by atoms with Crippen molar-refractivity contribution in [3.8, 4) is 16.9 Å². The van der Waals surface area contributed by atoms with Crippen LogP contribution in [0.1, 0.15) is 45.2 Å². The SMILES string of the molecule is COc1ccc(-c2cnc(C(O)OC)cc2C)cc1B1OC(C)(C)C(C)(C)O1. The third-order valence-corrected chi connectivity index (χ3v) is 5.66. The van der Waals surface area contributed by atoms with E-state index in [0.29, 0.717) is 11.4 Å². The fourth-order valence-electron chi connectivity index (χ4n) is 3.19. The number of rotatable bonds is 5. The predicted molar refractivity (Wildman–Crippen MR) is 109 cm³/mol. The molecule has 0 saturated carbocycles. The van der Waals surface area contributed by atoms with Crippen LogP contribution in [0.25, 0.3) is 11.1 Å². The Morgan fingerprint density at radius 3 is 2.25 bits per heavy atom. The van der Waals surface area contributed by atoms with Crippen LogP contribution in [0.2, 0.25) is 0 Å². The molecule has 0 amide bonds.